The fraction of sp³-hybridized carbons (Fsp3) is 0.462. The van der Waals surface area contributed by atoms with Crippen molar-refractivity contribution in [2.45, 2.75) is 19.8 Å². The first-order valence-electron chi connectivity index (χ1n) is 6.67. The molecule has 1 aliphatic rings. The second-order valence-electron chi connectivity index (χ2n) is 5.27. The Morgan fingerprint density at radius 2 is 2.24 bits per heavy atom. The van der Waals surface area contributed by atoms with Crippen LogP contribution in [0, 0.1) is 11.7 Å². The van der Waals surface area contributed by atoms with Gasteiger partial charge in [-0.1, -0.05) is 19.1 Å². The highest BCUT2D eigenvalue weighted by Gasteiger charge is 2.27. The maximum atomic E-state index is 13.2. The average Bonchev–Trinajstić information content (AvgIpc) is 2.40. The molecular formula is C13H18FN3O2S2. The molecule has 2 rings (SSSR count). The van der Waals surface area contributed by atoms with Crippen LogP contribution in [-0.2, 0) is 10.2 Å². The van der Waals surface area contributed by atoms with Gasteiger partial charge >= 0.3 is 10.2 Å². The van der Waals surface area contributed by atoms with E-state index in [0.717, 1.165) is 18.9 Å². The zero-order valence-corrected chi connectivity index (χ0v) is 13.3. The van der Waals surface area contributed by atoms with Crippen LogP contribution in [0.3, 0.4) is 0 Å². The number of hydrogen-bond acceptors (Lipinski definition) is 3. The number of nitrogens with zero attached hydrogens (tertiary/aromatic N) is 1. The van der Waals surface area contributed by atoms with Crippen LogP contribution in [0.25, 0.3) is 0 Å². The number of nitrogens with two attached hydrogens (primary N) is 1. The molecule has 1 aliphatic heterocycles. The molecule has 0 aliphatic carbocycles. The molecule has 0 amide bonds. The average molecular weight is 331 g/mol. The molecule has 21 heavy (non-hydrogen) atoms. The van der Waals surface area contributed by atoms with Gasteiger partial charge < -0.3 is 5.73 Å². The molecule has 8 heteroatoms. The summed E-state index contributed by atoms with van der Waals surface area (Å²) in [6, 6.07) is 3.62. The number of rotatable bonds is 4. The molecule has 0 spiro atoms. The summed E-state index contributed by atoms with van der Waals surface area (Å²) in [5.41, 5.74) is 5.89. The molecule has 1 atom stereocenters. The van der Waals surface area contributed by atoms with Gasteiger partial charge in [0.05, 0.1) is 5.69 Å². The van der Waals surface area contributed by atoms with Crippen LogP contribution in [0.1, 0.15) is 25.3 Å². The number of nitrogens with one attached hydrogen (secondary N) is 1. The van der Waals surface area contributed by atoms with Crippen LogP contribution in [0.2, 0.25) is 0 Å². The lowest BCUT2D eigenvalue weighted by molar-refractivity contribution is 0.282. The van der Waals surface area contributed by atoms with E-state index in [0.29, 0.717) is 19.0 Å². The standard InChI is InChI=1S/C13H18FN3O2S2/c1-9-3-2-6-17(8-9)21(18,19)16-12-5-4-10(14)7-11(12)13(15)20/h4-5,7,9,16H,2-3,6,8H2,1H3,(H2,15,20). The van der Waals surface area contributed by atoms with Crippen molar-refractivity contribution in [2.24, 2.45) is 11.7 Å². The number of halogens is 1. The van der Waals surface area contributed by atoms with Gasteiger partial charge in [-0.2, -0.15) is 12.7 Å². The normalized spacial score (nSPS) is 20.2. The van der Waals surface area contributed by atoms with E-state index < -0.39 is 16.0 Å². The summed E-state index contributed by atoms with van der Waals surface area (Å²) in [5, 5.41) is 0. The zero-order chi connectivity index (χ0) is 15.6. The van der Waals surface area contributed by atoms with Crippen molar-refractivity contribution in [3.8, 4) is 0 Å². The van der Waals surface area contributed by atoms with Crippen LogP contribution < -0.4 is 10.5 Å². The Bertz CT molecular complexity index is 649. The van der Waals surface area contributed by atoms with Gasteiger partial charge in [0.25, 0.3) is 0 Å². The Kier molecular flexibility index (Phi) is 4.80. The van der Waals surface area contributed by atoms with E-state index in [-0.39, 0.29) is 16.2 Å². The molecule has 5 nitrogen and oxygen atoms in total. The van der Waals surface area contributed by atoms with Crippen LogP contribution in [0.15, 0.2) is 18.2 Å². The van der Waals surface area contributed by atoms with E-state index in [1.807, 2.05) is 6.92 Å². The van der Waals surface area contributed by atoms with E-state index in [1.165, 1.54) is 16.4 Å². The monoisotopic (exact) mass is 331 g/mol. The van der Waals surface area contributed by atoms with Gasteiger partial charge in [-0.05, 0) is 37.0 Å². The largest absolute Gasteiger partial charge is 0.389 e. The maximum Gasteiger partial charge on any atom is 0.301 e. The molecule has 1 aromatic rings. The molecule has 0 radical (unpaired) electrons. The topological polar surface area (TPSA) is 75.4 Å². The minimum absolute atomic E-state index is 0.0563. The summed E-state index contributed by atoms with van der Waals surface area (Å²) in [4.78, 5) is -0.0563. The van der Waals surface area contributed by atoms with Crippen molar-refractivity contribution < 1.29 is 12.8 Å². The number of thiocarbonyl (C=S) groups is 1. The van der Waals surface area contributed by atoms with Crippen molar-refractivity contribution in [3.05, 3.63) is 29.6 Å². The molecule has 1 fully saturated rings. The van der Waals surface area contributed by atoms with E-state index in [4.69, 9.17) is 18.0 Å². The molecule has 1 aromatic carbocycles. The maximum absolute atomic E-state index is 13.2. The fourth-order valence-corrected chi connectivity index (χ4v) is 3.95. The number of anilines is 1. The third-order valence-corrected chi connectivity index (χ3v) is 5.15. The molecule has 0 saturated carbocycles. The Morgan fingerprint density at radius 3 is 2.86 bits per heavy atom. The third kappa shape index (κ3) is 3.90. The Balaban J connectivity index is 2.26. The fourth-order valence-electron chi connectivity index (χ4n) is 2.38. The Hall–Kier alpha value is -1.25. The Morgan fingerprint density at radius 1 is 1.52 bits per heavy atom. The van der Waals surface area contributed by atoms with E-state index in [2.05, 4.69) is 4.72 Å². The van der Waals surface area contributed by atoms with Crippen molar-refractivity contribution in [2.75, 3.05) is 17.8 Å². The van der Waals surface area contributed by atoms with Crippen LogP contribution in [0.5, 0.6) is 0 Å². The van der Waals surface area contributed by atoms with Crippen LogP contribution >= 0.6 is 12.2 Å². The van der Waals surface area contributed by atoms with Crippen molar-refractivity contribution >= 4 is 33.1 Å². The predicted octanol–water partition coefficient (Wildman–Crippen LogP) is 1.85. The summed E-state index contributed by atoms with van der Waals surface area (Å²) in [6.07, 6.45) is 1.84. The van der Waals surface area contributed by atoms with Crippen LogP contribution in [0.4, 0.5) is 10.1 Å². The van der Waals surface area contributed by atoms with Crippen molar-refractivity contribution in [1.82, 2.24) is 4.31 Å². The molecule has 0 aromatic heterocycles. The van der Waals surface area contributed by atoms with Gasteiger partial charge in [0.15, 0.2) is 0 Å². The molecule has 1 heterocycles. The molecule has 1 saturated heterocycles. The van der Waals surface area contributed by atoms with Gasteiger partial charge in [0.1, 0.15) is 10.8 Å². The summed E-state index contributed by atoms with van der Waals surface area (Å²) in [6.45, 7) is 2.96. The first kappa shape index (κ1) is 16.1. The van der Waals surface area contributed by atoms with Gasteiger partial charge in [0.2, 0.25) is 0 Å². The molecule has 3 N–H and O–H groups in total. The summed E-state index contributed by atoms with van der Waals surface area (Å²) in [7, 11) is -3.69. The number of hydrogen-bond donors (Lipinski definition) is 2. The van der Waals surface area contributed by atoms with Gasteiger partial charge in [0, 0.05) is 18.7 Å². The number of piperidine rings is 1. The molecule has 116 valence electrons. The first-order valence-corrected chi connectivity index (χ1v) is 8.51. The van der Waals surface area contributed by atoms with E-state index in [9.17, 15) is 12.8 Å². The second-order valence-corrected chi connectivity index (χ2v) is 7.38. The highest BCUT2D eigenvalue weighted by molar-refractivity contribution is 7.90. The number of benzene rings is 1. The second kappa shape index (κ2) is 6.25. The predicted molar refractivity (Wildman–Crippen MR) is 84.8 cm³/mol. The first-order chi connectivity index (χ1) is 9.79. The minimum Gasteiger partial charge on any atom is -0.389 e. The highest BCUT2D eigenvalue weighted by atomic mass is 32.2. The molecule has 1 unspecified atom stereocenters. The lowest BCUT2D eigenvalue weighted by atomic mass is 10.0. The smallest absolute Gasteiger partial charge is 0.301 e. The molecule has 0 bridgehead atoms. The summed E-state index contributed by atoms with van der Waals surface area (Å²) < 4.78 is 41.9. The van der Waals surface area contributed by atoms with Gasteiger partial charge in [-0.25, -0.2) is 4.39 Å². The van der Waals surface area contributed by atoms with Gasteiger partial charge in [-0.3, -0.25) is 4.72 Å². The SMILES string of the molecule is CC1CCCN(S(=O)(=O)Nc2ccc(F)cc2C(N)=S)C1. The highest BCUT2D eigenvalue weighted by Crippen LogP contribution is 2.23. The quantitative estimate of drug-likeness (QED) is 0.826. The summed E-state index contributed by atoms with van der Waals surface area (Å²) in [5.74, 6) is -0.203. The van der Waals surface area contributed by atoms with Crippen molar-refractivity contribution in [3.63, 3.8) is 0 Å². The lowest BCUT2D eigenvalue weighted by Gasteiger charge is -2.30. The summed E-state index contributed by atoms with van der Waals surface area (Å²) >= 11 is 4.84. The van der Waals surface area contributed by atoms with E-state index in [1.54, 1.807) is 0 Å². The van der Waals surface area contributed by atoms with Gasteiger partial charge in [-0.15, -0.1) is 0 Å². The lowest BCUT2D eigenvalue weighted by Crippen LogP contribution is -2.42. The Labute approximate surface area is 129 Å². The third-order valence-electron chi connectivity index (χ3n) is 3.45. The zero-order valence-electron chi connectivity index (χ0n) is 11.7. The van der Waals surface area contributed by atoms with E-state index >= 15 is 0 Å². The van der Waals surface area contributed by atoms with Crippen LogP contribution in [-0.4, -0.2) is 30.8 Å². The van der Waals surface area contributed by atoms with Crippen molar-refractivity contribution in [1.29, 1.82) is 0 Å². The molecular weight excluding hydrogens is 313 g/mol. The minimum atomic E-state index is -3.69.